The second-order valence-electron chi connectivity index (χ2n) is 5.98. The highest BCUT2D eigenvalue weighted by Crippen LogP contribution is 2.38. The van der Waals surface area contributed by atoms with Gasteiger partial charge in [0.2, 0.25) is 5.91 Å². The van der Waals surface area contributed by atoms with Crippen molar-refractivity contribution in [3.8, 4) is 0 Å². The van der Waals surface area contributed by atoms with Gasteiger partial charge in [0.15, 0.2) is 0 Å². The van der Waals surface area contributed by atoms with E-state index in [0.29, 0.717) is 19.4 Å². The molecule has 1 aliphatic carbocycles. The molecule has 1 atom stereocenters. The molecule has 1 amide bonds. The molecule has 0 bridgehead atoms. The lowest BCUT2D eigenvalue weighted by molar-refractivity contribution is -0.147. The maximum Gasteiger partial charge on any atom is 0.329 e. The van der Waals surface area contributed by atoms with Gasteiger partial charge in [-0.05, 0) is 38.1 Å². The van der Waals surface area contributed by atoms with Crippen molar-refractivity contribution in [1.82, 2.24) is 5.32 Å². The van der Waals surface area contributed by atoms with E-state index in [4.69, 9.17) is 10.8 Å². The molecule has 1 aliphatic rings. The molecule has 0 heterocycles. The Morgan fingerprint density at radius 3 is 2.32 bits per heavy atom. The van der Waals surface area contributed by atoms with E-state index < -0.39 is 11.5 Å². The van der Waals surface area contributed by atoms with Crippen molar-refractivity contribution in [2.75, 3.05) is 6.54 Å². The molecule has 1 unspecified atom stereocenters. The molecular weight excluding hydrogens is 244 g/mol. The molecule has 1 saturated carbocycles. The first kappa shape index (κ1) is 16.0. The largest absolute Gasteiger partial charge is 0.480 e. The second kappa shape index (κ2) is 6.37. The third-order valence-electron chi connectivity index (χ3n) is 4.48. The van der Waals surface area contributed by atoms with Crippen LogP contribution in [0.3, 0.4) is 0 Å². The van der Waals surface area contributed by atoms with E-state index in [1.165, 1.54) is 6.42 Å². The van der Waals surface area contributed by atoms with Crippen LogP contribution in [0.5, 0.6) is 0 Å². The summed E-state index contributed by atoms with van der Waals surface area (Å²) in [6.07, 6.45) is 6.05. The Bertz CT molecular complexity index is 338. The normalized spacial score (nSPS) is 21.4. The first-order valence-corrected chi connectivity index (χ1v) is 7.12. The number of nitrogens with one attached hydrogen (secondary N) is 1. The summed E-state index contributed by atoms with van der Waals surface area (Å²) in [5, 5.41) is 11.8. The van der Waals surface area contributed by atoms with Crippen LogP contribution in [0.2, 0.25) is 0 Å². The van der Waals surface area contributed by atoms with Gasteiger partial charge in [-0.25, -0.2) is 4.79 Å². The van der Waals surface area contributed by atoms with Crippen molar-refractivity contribution in [1.29, 1.82) is 0 Å². The average Bonchev–Trinajstić information content (AvgIpc) is 2.39. The standard InChI is InChI=1S/C14H26N2O3/c1-3-13(2,12(18)19)16-11(17)9-14(10-15)7-5-4-6-8-14/h3-10,15H2,1-2H3,(H,16,17)(H,18,19). The topological polar surface area (TPSA) is 92.4 Å². The van der Waals surface area contributed by atoms with Gasteiger partial charge >= 0.3 is 5.97 Å². The van der Waals surface area contributed by atoms with Crippen LogP contribution in [0.25, 0.3) is 0 Å². The van der Waals surface area contributed by atoms with E-state index in [1.54, 1.807) is 13.8 Å². The van der Waals surface area contributed by atoms with Crippen molar-refractivity contribution in [3.63, 3.8) is 0 Å². The lowest BCUT2D eigenvalue weighted by atomic mass is 9.71. The fourth-order valence-corrected chi connectivity index (χ4v) is 2.74. The quantitative estimate of drug-likeness (QED) is 0.684. The molecular formula is C14H26N2O3. The molecule has 0 radical (unpaired) electrons. The summed E-state index contributed by atoms with van der Waals surface area (Å²) in [5.41, 5.74) is 4.54. The number of carbonyl (C=O) groups is 2. The van der Waals surface area contributed by atoms with Crippen molar-refractivity contribution < 1.29 is 14.7 Å². The predicted molar refractivity (Wildman–Crippen MR) is 73.7 cm³/mol. The van der Waals surface area contributed by atoms with Crippen molar-refractivity contribution in [2.45, 2.75) is 64.3 Å². The average molecular weight is 270 g/mol. The highest BCUT2D eigenvalue weighted by molar-refractivity contribution is 5.86. The van der Waals surface area contributed by atoms with E-state index in [0.717, 1.165) is 25.7 Å². The monoisotopic (exact) mass is 270 g/mol. The maximum atomic E-state index is 12.1. The van der Waals surface area contributed by atoms with Gasteiger partial charge in [-0.1, -0.05) is 26.2 Å². The van der Waals surface area contributed by atoms with Crippen molar-refractivity contribution >= 4 is 11.9 Å². The van der Waals surface area contributed by atoms with E-state index in [9.17, 15) is 9.59 Å². The van der Waals surface area contributed by atoms with Gasteiger partial charge in [0.1, 0.15) is 5.54 Å². The zero-order chi connectivity index (χ0) is 14.5. The number of carboxylic acid groups (broad SMARTS) is 1. The molecule has 19 heavy (non-hydrogen) atoms. The smallest absolute Gasteiger partial charge is 0.329 e. The molecule has 0 aromatic heterocycles. The molecule has 0 aliphatic heterocycles. The van der Waals surface area contributed by atoms with Crippen LogP contribution < -0.4 is 11.1 Å². The molecule has 5 heteroatoms. The number of rotatable bonds is 6. The maximum absolute atomic E-state index is 12.1. The van der Waals surface area contributed by atoms with Gasteiger partial charge in [0.25, 0.3) is 0 Å². The van der Waals surface area contributed by atoms with Crippen molar-refractivity contribution in [3.05, 3.63) is 0 Å². The third-order valence-corrected chi connectivity index (χ3v) is 4.48. The molecule has 4 N–H and O–H groups in total. The van der Waals surface area contributed by atoms with Crippen LogP contribution >= 0.6 is 0 Å². The zero-order valence-corrected chi connectivity index (χ0v) is 12.0. The van der Waals surface area contributed by atoms with E-state index in [-0.39, 0.29) is 11.3 Å². The van der Waals surface area contributed by atoms with E-state index >= 15 is 0 Å². The number of carbonyl (C=O) groups excluding carboxylic acids is 1. The van der Waals surface area contributed by atoms with Crippen LogP contribution in [-0.2, 0) is 9.59 Å². The van der Waals surface area contributed by atoms with Crippen molar-refractivity contribution in [2.24, 2.45) is 11.1 Å². The molecule has 5 nitrogen and oxygen atoms in total. The summed E-state index contributed by atoms with van der Waals surface area (Å²) in [4.78, 5) is 23.3. The second-order valence-corrected chi connectivity index (χ2v) is 5.98. The minimum absolute atomic E-state index is 0.129. The molecule has 0 aromatic rings. The highest BCUT2D eigenvalue weighted by atomic mass is 16.4. The Morgan fingerprint density at radius 2 is 1.89 bits per heavy atom. The summed E-state index contributed by atoms with van der Waals surface area (Å²) in [5.74, 6) is -1.19. The fourth-order valence-electron chi connectivity index (χ4n) is 2.74. The number of hydrogen-bond donors (Lipinski definition) is 3. The van der Waals surface area contributed by atoms with E-state index in [2.05, 4.69) is 5.32 Å². The number of hydrogen-bond acceptors (Lipinski definition) is 3. The lowest BCUT2D eigenvalue weighted by Gasteiger charge is -2.36. The van der Waals surface area contributed by atoms with Crippen LogP contribution in [0, 0.1) is 5.41 Å². The summed E-state index contributed by atoms with van der Waals surface area (Å²) in [7, 11) is 0. The summed E-state index contributed by atoms with van der Waals surface area (Å²) < 4.78 is 0. The van der Waals surface area contributed by atoms with E-state index in [1.807, 2.05) is 0 Å². The first-order chi connectivity index (χ1) is 8.87. The van der Waals surface area contributed by atoms with Gasteiger partial charge in [-0.15, -0.1) is 0 Å². The van der Waals surface area contributed by atoms with Crippen LogP contribution in [0.4, 0.5) is 0 Å². The Hall–Kier alpha value is -1.10. The molecule has 0 spiro atoms. The lowest BCUT2D eigenvalue weighted by Crippen LogP contribution is -2.53. The molecule has 1 fully saturated rings. The predicted octanol–water partition coefficient (Wildman–Crippen LogP) is 1.66. The minimum atomic E-state index is -1.18. The Labute approximate surface area is 114 Å². The number of carboxylic acids is 1. The minimum Gasteiger partial charge on any atom is -0.480 e. The number of amides is 1. The first-order valence-electron chi connectivity index (χ1n) is 7.12. The Morgan fingerprint density at radius 1 is 1.32 bits per heavy atom. The Kier molecular flexibility index (Phi) is 5.35. The molecule has 110 valence electrons. The fraction of sp³-hybridized carbons (Fsp3) is 0.857. The zero-order valence-electron chi connectivity index (χ0n) is 12.0. The Balaban J connectivity index is 2.65. The molecule has 0 aromatic carbocycles. The summed E-state index contributed by atoms with van der Waals surface area (Å²) in [6, 6.07) is 0. The van der Waals surface area contributed by atoms with Gasteiger partial charge < -0.3 is 16.2 Å². The van der Waals surface area contributed by atoms with Crippen LogP contribution in [-0.4, -0.2) is 29.1 Å². The number of aliphatic carboxylic acids is 1. The third kappa shape index (κ3) is 3.93. The van der Waals surface area contributed by atoms with Gasteiger partial charge in [0.05, 0.1) is 0 Å². The summed E-state index contributed by atoms with van der Waals surface area (Å²) in [6.45, 7) is 3.80. The molecule has 0 saturated heterocycles. The SMILES string of the molecule is CCC(C)(NC(=O)CC1(CN)CCCCC1)C(=O)O. The van der Waals surface area contributed by atoms with Gasteiger partial charge in [0, 0.05) is 6.42 Å². The van der Waals surface area contributed by atoms with Gasteiger partial charge in [-0.3, -0.25) is 4.79 Å². The highest BCUT2D eigenvalue weighted by Gasteiger charge is 2.37. The molecule has 1 rings (SSSR count). The summed E-state index contributed by atoms with van der Waals surface area (Å²) >= 11 is 0. The van der Waals surface area contributed by atoms with Crippen LogP contribution in [0.15, 0.2) is 0 Å². The number of nitrogens with two attached hydrogens (primary N) is 1. The van der Waals surface area contributed by atoms with Crippen LogP contribution in [0.1, 0.15) is 58.8 Å². The van der Waals surface area contributed by atoms with Gasteiger partial charge in [-0.2, -0.15) is 0 Å².